The smallest absolute Gasteiger partial charge is 0.225 e. The Kier molecular flexibility index (Phi) is 3.48. The van der Waals surface area contributed by atoms with E-state index in [1.807, 2.05) is 4.90 Å². The molecule has 1 spiro atoms. The van der Waals surface area contributed by atoms with E-state index in [4.69, 9.17) is 4.74 Å². The van der Waals surface area contributed by atoms with Crippen LogP contribution in [-0.4, -0.2) is 49.1 Å². The van der Waals surface area contributed by atoms with Crippen LogP contribution in [0.3, 0.4) is 0 Å². The Morgan fingerprint density at radius 2 is 2.21 bits per heavy atom. The lowest BCUT2D eigenvalue weighted by Gasteiger charge is -2.38. The molecule has 0 aromatic carbocycles. The summed E-state index contributed by atoms with van der Waals surface area (Å²) >= 11 is 0. The van der Waals surface area contributed by atoms with Crippen molar-refractivity contribution in [2.45, 2.75) is 44.6 Å². The molecule has 1 N–H and O–H groups in total. The number of rotatable bonds is 2. The zero-order chi connectivity index (χ0) is 13.3. The van der Waals surface area contributed by atoms with Crippen LogP contribution in [0.4, 0.5) is 0 Å². The first kappa shape index (κ1) is 12.9. The van der Waals surface area contributed by atoms with Crippen LogP contribution < -0.4 is 5.32 Å². The van der Waals surface area contributed by atoms with Crippen molar-refractivity contribution in [2.75, 3.05) is 26.2 Å². The zero-order valence-electron chi connectivity index (χ0n) is 11.3. The van der Waals surface area contributed by atoms with Gasteiger partial charge in [-0.3, -0.25) is 9.59 Å². The van der Waals surface area contributed by atoms with Crippen LogP contribution in [0.25, 0.3) is 0 Å². The highest BCUT2D eigenvalue weighted by Gasteiger charge is 2.41. The Hall–Kier alpha value is -1.10. The molecule has 0 aliphatic carbocycles. The summed E-state index contributed by atoms with van der Waals surface area (Å²) in [6, 6.07) is 0. The number of nitrogens with zero attached hydrogens (tertiary/aromatic N) is 1. The summed E-state index contributed by atoms with van der Waals surface area (Å²) < 4.78 is 5.52. The summed E-state index contributed by atoms with van der Waals surface area (Å²) in [4.78, 5) is 25.5. The van der Waals surface area contributed by atoms with Crippen LogP contribution in [0.5, 0.6) is 0 Å². The van der Waals surface area contributed by atoms with E-state index < -0.39 is 0 Å². The minimum Gasteiger partial charge on any atom is -0.378 e. The molecule has 3 aliphatic heterocycles. The molecule has 19 heavy (non-hydrogen) atoms. The van der Waals surface area contributed by atoms with E-state index >= 15 is 0 Å². The molecule has 3 rings (SSSR count). The number of likely N-dealkylation sites (tertiary alicyclic amines) is 1. The largest absolute Gasteiger partial charge is 0.378 e. The third-order valence-electron chi connectivity index (χ3n) is 4.80. The van der Waals surface area contributed by atoms with Crippen LogP contribution in [-0.2, 0) is 14.3 Å². The van der Waals surface area contributed by atoms with Crippen molar-refractivity contribution in [3.05, 3.63) is 0 Å². The second kappa shape index (κ2) is 5.12. The Morgan fingerprint density at radius 1 is 1.42 bits per heavy atom. The average Bonchev–Trinajstić information content (AvgIpc) is 3.01. The molecule has 0 bridgehead atoms. The molecule has 1 atom stereocenters. The van der Waals surface area contributed by atoms with Crippen LogP contribution >= 0.6 is 0 Å². The molecule has 106 valence electrons. The van der Waals surface area contributed by atoms with Crippen molar-refractivity contribution < 1.29 is 14.3 Å². The summed E-state index contributed by atoms with van der Waals surface area (Å²) in [5, 5.41) is 2.92. The van der Waals surface area contributed by atoms with Crippen molar-refractivity contribution in [3.63, 3.8) is 0 Å². The molecular weight excluding hydrogens is 244 g/mol. The lowest BCUT2D eigenvalue weighted by atomic mass is 9.77. The number of hydrogen-bond donors (Lipinski definition) is 1. The summed E-state index contributed by atoms with van der Waals surface area (Å²) in [5.74, 6) is 0.387. The predicted molar refractivity (Wildman–Crippen MR) is 69.5 cm³/mol. The molecular formula is C14H22N2O3. The fraction of sp³-hybridized carbons (Fsp3) is 0.857. The van der Waals surface area contributed by atoms with Gasteiger partial charge in [-0.15, -0.1) is 0 Å². The quantitative estimate of drug-likeness (QED) is 0.800. The van der Waals surface area contributed by atoms with Gasteiger partial charge in [0.25, 0.3) is 0 Å². The normalized spacial score (nSPS) is 29.8. The Morgan fingerprint density at radius 3 is 2.79 bits per heavy atom. The molecule has 0 aromatic heterocycles. The summed E-state index contributed by atoms with van der Waals surface area (Å²) in [6.45, 7) is 3.18. The molecule has 3 aliphatic rings. The SMILES string of the molecule is O=C1CC2(CCN(C(=O)CC3CCCO3)CC2)CN1. The average molecular weight is 266 g/mol. The lowest BCUT2D eigenvalue weighted by Crippen LogP contribution is -2.44. The van der Waals surface area contributed by atoms with Gasteiger partial charge in [0.05, 0.1) is 12.5 Å². The second-order valence-electron chi connectivity index (χ2n) is 6.17. The van der Waals surface area contributed by atoms with Crippen molar-refractivity contribution in [3.8, 4) is 0 Å². The highest BCUT2D eigenvalue weighted by Crippen LogP contribution is 2.37. The first-order valence-corrected chi connectivity index (χ1v) is 7.33. The molecule has 0 aromatic rings. The fourth-order valence-corrected chi connectivity index (χ4v) is 3.46. The van der Waals surface area contributed by atoms with Crippen LogP contribution in [0.2, 0.25) is 0 Å². The second-order valence-corrected chi connectivity index (χ2v) is 6.17. The topological polar surface area (TPSA) is 58.6 Å². The van der Waals surface area contributed by atoms with Crippen molar-refractivity contribution in [1.29, 1.82) is 0 Å². The molecule has 2 amide bonds. The van der Waals surface area contributed by atoms with E-state index in [1.54, 1.807) is 0 Å². The highest BCUT2D eigenvalue weighted by molar-refractivity contribution is 5.79. The van der Waals surface area contributed by atoms with Crippen LogP contribution in [0.15, 0.2) is 0 Å². The van der Waals surface area contributed by atoms with Gasteiger partial charge in [0, 0.05) is 32.7 Å². The number of ether oxygens (including phenoxy) is 1. The fourth-order valence-electron chi connectivity index (χ4n) is 3.46. The monoisotopic (exact) mass is 266 g/mol. The van der Waals surface area contributed by atoms with Gasteiger partial charge >= 0.3 is 0 Å². The number of piperidine rings is 1. The van der Waals surface area contributed by atoms with Gasteiger partial charge in [0.15, 0.2) is 0 Å². The van der Waals surface area contributed by atoms with E-state index in [-0.39, 0.29) is 23.3 Å². The van der Waals surface area contributed by atoms with Crippen molar-refractivity contribution >= 4 is 11.8 Å². The molecule has 0 saturated carbocycles. The molecule has 3 fully saturated rings. The van der Waals surface area contributed by atoms with Gasteiger partial charge in [0.1, 0.15) is 0 Å². The zero-order valence-corrected chi connectivity index (χ0v) is 11.3. The standard InChI is InChI=1S/C14H22N2O3/c17-12-9-14(10-15-12)3-5-16(6-4-14)13(18)8-11-2-1-7-19-11/h11H,1-10H2,(H,15,17). The lowest BCUT2D eigenvalue weighted by molar-refractivity contribution is -0.135. The van der Waals surface area contributed by atoms with Crippen LogP contribution in [0, 0.1) is 5.41 Å². The number of nitrogens with one attached hydrogen (secondary N) is 1. The van der Waals surface area contributed by atoms with Gasteiger partial charge in [-0.2, -0.15) is 0 Å². The maximum absolute atomic E-state index is 12.2. The Labute approximate surface area is 113 Å². The van der Waals surface area contributed by atoms with Gasteiger partial charge < -0.3 is 15.0 Å². The van der Waals surface area contributed by atoms with E-state index in [0.717, 1.165) is 51.9 Å². The minimum absolute atomic E-state index is 0.123. The van der Waals surface area contributed by atoms with E-state index in [9.17, 15) is 9.59 Å². The maximum atomic E-state index is 12.2. The van der Waals surface area contributed by atoms with Gasteiger partial charge in [-0.25, -0.2) is 0 Å². The molecule has 1 unspecified atom stereocenters. The van der Waals surface area contributed by atoms with E-state index in [0.29, 0.717) is 12.8 Å². The Bertz CT molecular complexity index is 369. The molecule has 3 heterocycles. The number of carbonyl (C=O) groups excluding carboxylic acids is 2. The maximum Gasteiger partial charge on any atom is 0.225 e. The third-order valence-corrected chi connectivity index (χ3v) is 4.80. The minimum atomic E-state index is 0.123. The highest BCUT2D eigenvalue weighted by atomic mass is 16.5. The summed E-state index contributed by atoms with van der Waals surface area (Å²) in [5.41, 5.74) is 0.123. The predicted octanol–water partition coefficient (Wildman–Crippen LogP) is 0.684. The molecule has 3 saturated heterocycles. The number of amides is 2. The van der Waals surface area contributed by atoms with E-state index in [1.165, 1.54) is 0 Å². The van der Waals surface area contributed by atoms with Gasteiger partial charge in [-0.05, 0) is 31.1 Å². The number of carbonyl (C=O) groups is 2. The molecule has 5 nitrogen and oxygen atoms in total. The first-order chi connectivity index (χ1) is 9.17. The Balaban J connectivity index is 1.49. The summed E-state index contributed by atoms with van der Waals surface area (Å²) in [7, 11) is 0. The third kappa shape index (κ3) is 2.76. The van der Waals surface area contributed by atoms with Crippen LogP contribution in [0.1, 0.15) is 38.5 Å². The first-order valence-electron chi connectivity index (χ1n) is 7.33. The molecule has 0 radical (unpaired) electrons. The van der Waals surface area contributed by atoms with Gasteiger partial charge in [-0.1, -0.05) is 0 Å². The van der Waals surface area contributed by atoms with Gasteiger partial charge in [0.2, 0.25) is 11.8 Å². The van der Waals surface area contributed by atoms with E-state index in [2.05, 4.69) is 5.32 Å². The van der Waals surface area contributed by atoms with Crippen molar-refractivity contribution in [2.24, 2.45) is 5.41 Å². The summed E-state index contributed by atoms with van der Waals surface area (Å²) in [6.07, 6.45) is 5.30. The van der Waals surface area contributed by atoms with Crippen molar-refractivity contribution in [1.82, 2.24) is 10.2 Å². The number of hydrogen-bond acceptors (Lipinski definition) is 3. The molecule has 5 heteroatoms.